The van der Waals surface area contributed by atoms with Gasteiger partial charge in [-0.1, -0.05) is 103 Å². The second-order valence-corrected chi connectivity index (χ2v) is 17.0. The smallest absolute Gasteiger partial charge is 0.347 e. The molecule has 13 heteroatoms. The van der Waals surface area contributed by atoms with Crippen LogP contribution in [-0.4, -0.2) is 68.3 Å². The summed E-state index contributed by atoms with van der Waals surface area (Å²) in [6, 6.07) is 39.6. The van der Waals surface area contributed by atoms with Gasteiger partial charge in [-0.05, 0) is 83.9 Å². The zero-order valence-corrected chi connectivity index (χ0v) is 35.4. The molecule has 2 atom stereocenters. The second kappa shape index (κ2) is 19.7. The van der Waals surface area contributed by atoms with Crippen LogP contribution in [0.2, 0.25) is 0 Å². The summed E-state index contributed by atoms with van der Waals surface area (Å²) in [4.78, 5) is 49.1. The lowest BCUT2D eigenvalue weighted by Crippen LogP contribution is -2.40. The highest BCUT2D eigenvalue weighted by Crippen LogP contribution is 2.35. The first kappa shape index (κ1) is 43.2. The van der Waals surface area contributed by atoms with Gasteiger partial charge >= 0.3 is 5.97 Å². The fourth-order valence-electron chi connectivity index (χ4n) is 7.97. The van der Waals surface area contributed by atoms with E-state index in [1.807, 2.05) is 36.4 Å². The van der Waals surface area contributed by atoms with Crippen molar-refractivity contribution in [2.45, 2.75) is 44.2 Å². The summed E-state index contributed by atoms with van der Waals surface area (Å²) in [6.45, 7) is 3.94. The number of nitrogens with one attached hydrogen (secondary N) is 3. The Morgan fingerprint density at radius 1 is 0.841 bits per heavy atom. The minimum Gasteiger partial charge on any atom is -0.506 e. The fraction of sp³-hybridized carbons (Fsp3) is 0.240. The van der Waals surface area contributed by atoms with E-state index < -0.39 is 17.7 Å². The van der Waals surface area contributed by atoms with Crippen molar-refractivity contribution < 1.29 is 29.6 Å². The number of ether oxygens (including phenoxy) is 1. The molecule has 12 nitrogen and oxygen atoms in total. The van der Waals surface area contributed by atoms with Crippen molar-refractivity contribution >= 4 is 34.1 Å². The number of hydrogen-bond donors (Lipinski definition) is 6. The predicted molar refractivity (Wildman–Crippen MR) is 243 cm³/mol. The van der Waals surface area contributed by atoms with E-state index >= 15 is 0 Å². The summed E-state index contributed by atoms with van der Waals surface area (Å²) >= 11 is 1.44. The van der Waals surface area contributed by atoms with Crippen LogP contribution in [0.1, 0.15) is 62.0 Å². The number of esters is 1. The van der Waals surface area contributed by atoms with Gasteiger partial charge in [0.2, 0.25) is 11.2 Å². The van der Waals surface area contributed by atoms with Crippen LogP contribution in [0.25, 0.3) is 21.5 Å². The summed E-state index contributed by atoms with van der Waals surface area (Å²) in [6.07, 6.45) is 2.66. The Hall–Kier alpha value is -6.48. The molecule has 1 aliphatic heterocycles. The van der Waals surface area contributed by atoms with Crippen molar-refractivity contribution in [3.05, 3.63) is 188 Å². The van der Waals surface area contributed by atoms with Crippen LogP contribution in [0.5, 0.6) is 5.75 Å². The topological polar surface area (TPSA) is 177 Å². The molecule has 1 aliphatic rings. The number of phenols is 1. The van der Waals surface area contributed by atoms with Crippen LogP contribution < -0.4 is 16.2 Å². The van der Waals surface area contributed by atoms with Gasteiger partial charge in [0.15, 0.2) is 0 Å². The fourth-order valence-corrected chi connectivity index (χ4v) is 8.82. The molecule has 0 bridgehead atoms. The molecule has 0 saturated carbocycles. The molecule has 7 aromatic rings. The lowest BCUT2D eigenvalue weighted by Gasteiger charge is -2.33. The van der Waals surface area contributed by atoms with Gasteiger partial charge in [-0.15, -0.1) is 11.3 Å². The predicted octanol–water partition coefficient (Wildman–Crippen LogP) is 6.80. The zero-order chi connectivity index (χ0) is 43.8. The van der Waals surface area contributed by atoms with Crippen LogP contribution in [0, 0.1) is 5.92 Å². The van der Waals surface area contributed by atoms with Crippen LogP contribution >= 0.6 is 11.3 Å². The lowest BCUT2D eigenvalue weighted by atomic mass is 9.86. The molecule has 1 fully saturated rings. The molecule has 6 N–H and O–H groups in total. The molecule has 2 unspecified atom stereocenters. The summed E-state index contributed by atoms with van der Waals surface area (Å²) < 4.78 is 5.89. The molecule has 8 rings (SSSR count). The molecule has 1 amide bonds. The molecule has 1 saturated heterocycles. The van der Waals surface area contributed by atoms with Gasteiger partial charge in [0.1, 0.15) is 10.8 Å². The minimum atomic E-state index is -2.00. The highest BCUT2D eigenvalue weighted by atomic mass is 32.1. The Bertz CT molecular complexity index is 2700. The van der Waals surface area contributed by atoms with Gasteiger partial charge in [0.25, 0.3) is 5.91 Å². The largest absolute Gasteiger partial charge is 0.506 e. The molecule has 322 valence electrons. The highest BCUT2D eigenvalue weighted by Gasteiger charge is 2.42. The van der Waals surface area contributed by atoms with Crippen molar-refractivity contribution in [3.8, 4) is 16.3 Å². The Labute approximate surface area is 368 Å². The molecule has 5 aromatic carbocycles. The summed E-state index contributed by atoms with van der Waals surface area (Å²) in [5, 5.41) is 40.6. The van der Waals surface area contributed by atoms with E-state index in [-0.39, 0.29) is 48.3 Å². The Morgan fingerprint density at radius 2 is 1.54 bits per heavy atom. The third-order valence-corrected chi connectivity index (χ3v) is 12.6. The number of thiazole rings is 1. The lowest BCUT2D eigenvalue weighted by molar-refractivity contribution is -0.164. The highest BCUT2D eigenvalue weighted by molar-refractivity contribution is 7.15. The average Bonchev–Trinajstić information content (AvgIpc) is 3.80. The number of aliphatic hydroxyl groups is 2. The van der Waals surface area contributed by atoms with Crippen molar-refractivity contribution in [2.75, 3.05) is 26.2 Å². The van der Waals surface area contributed by atoms with Crippen molar-refractivity contribution in [1.82, 2.24) is 25.5 Å². The van der Waals surface area contributed by atoms with E-state index in [2.05, 4.69) is 49.8 Å². The van der Waals surface area contributed by atoms with Gasteiger partial charge in [-0.3, -0.25) is 14.5 Å². The maximum absolute atomic E-state index is 13.8. The van der Waals surface area contributed by atoms with Crippen molar-refractivity contribution in [3.63, 3.8) is 0 Å². The number of pyridine rings is 1. The number of aromatic amines is 1. The van der Waals surface area contributed by atoms with Gasteiger partial charge in [0, 0.05) is 53.3 Å². The van der Waals surface area contributed by atoms with E-state index in [0.717, 1.165) is 53.5 Å². The van der Waals surface area contributed by atoms with Gasteiger partial charge in [-0.2, -0.15) is 0 Å². The van der Waals surface area contributed by atoms with E-state index in [9.17, 15) is 29.7 Å². The maximum Gasteiger partial charge on any atom is 0.347 e. The van der Waals surface area contributed by atoms with E-state index in [1.54, 1.807) is 66.9 Å². The van der Waals surface area contributed by atoms with Gasteiger partial charge in [0.05, 0.1) is 24.8 Å². The van der Waals surface area contributed by atoms with Crippen LogP contribution in [0.15, 0.2) is 144 Å². The van der Waals surface area contributed by atoms with Crippen LogP contribution in [-0.2, 0) is 34.8 Å². The Balaban J connectivity index is 0.826. The third kappa shape index (κ3) is 10.3. The number of likely N-dealkylation sites (tertiary alicyclic amines) is 1. The number of phenolic OH excluding ortho intramolecular Hbond substituents is 1. The van der Waals surface area contributed by atoms with E-state index in [0.29, 0.717) is 34.2 Å². The number of nitrogens with zero attached hydrogens (tertiary/aromatic N) is 2. The molecule has 63 heavy (non-hydrogen) atoms. The monoisotopic (exact) mass is 863 g/mol. The Kier molecular flexibility index (Phi) is 13.5. The van der Waals surface area contributed by atoms with Crippen LogP contribution in [0.3, 0.4) is 0 Å². The second-order valence-electron chi connectivity index (χ2n) is 15.9. The molecular formula is C50H49N5O7S. The quantitative estimate of drug-likeness (QED) is 0.0567. The number of carbonyl (C=O) groups is 2. The van der Waals surface area contributed by atoms with Crippen molar-refractivity contribution in [1.29, 1.82) is 0 Å². The van der Waals surface area contributed by atoms with E-state index in [1.165, 1.54) is 29.0 Å². The number of aromatic hydroxyl groups is 1. The molecular weight excluding hydrogens is 815 g/mol. The SMILES string of the molecule is O=C(NCc1cnc(-c2ccc(C(O)(C(=O)OCC3CCN(Cc4ccccc4)CC3)c3ccccc3)cc2)s1)c1ccc(CNCC(O)c2ccc(O)c3[nH]c(=O)ccc23)cc1. The van der Waals surface area contributed by atoms with Gasteiger partial charge < -0.3 is 35.7 Å². The normalized spacial score (nSPS) is 14.8. The Morgan fingerprint density at radius 3 is 2.27 bits per heavy atom. The standard InChI is InChI=1S/C50H49N5O7S/c56-43-21-19-41(42-20-22-45(58)54-46(42)43)44(57)30-51-27-33-11-13-36(14-12-33)47(59)52-28-40-29-53-48(63-40)37-15-17-39(18-16-37)50(61,38-9-5-2-6-10-38)49(60)62-32-35-23-25-55(26-24-35)31-34-7-3-1-4-8-34/h1-22,29,35,44,51,56-57,61H,23-28,30-32H2,(H,52,59)(H,54,58). The minimum absolute atomic E-state index is 0.0667. The number of benzene rings is 5. The summed E-state index contributed by atoms with van der Waals surface area (Å²) in [7, 11) is 0. The number of aliphatic hydroxyl groups excluding tert-OH is 1. The number of carbonyl (C=O) groups excluding carboxylic acids is 2. The molecule has 3 heterocycles. The molecule has 2 aromatic heterocycles. The maximum atomic E-state index is 13.8. The molecule has 0 aliphatic carbocycles. The number of H-pyrrole nitrogens is 1. The number of hydrogen-bond acceptors (Lipinski definition) is 11. The number of fused-ring (bicyclic) bond motifs is 1. The number of piperidine rings is 1. The molecule has 0 radical (unpaired) electrons. The van der Waals surface area contributed by atoms with Gasteiger partial charge in [-0.25, -0.2) is 9.78 Å². The third-order valence-electron chi connectivity index (χ3n) is 11.6. The van der Waals surface area contributed by atoms with Crippen molar-refractivity contribution in [2.24, 2.45) is 5.92 Å². The summed E-state index contributed by atoms with van der Waals surface area (Å²) in [5.41, 5.74) is 2.83. The van der Waals surface area contributed by atoms with Crippen LogP contribution in [0.4, 0.5) is 0 Å². The number of rotatable bonds is 16. The number of amides is 1. The molecule has 0 spiro atoms. The number of aromatic nitrogens is 2. The summed E-state index contributed by atoms with van der Waals surface area (Å²) in [5.74, 6) is -0.792. The first-order valence-electron chi connectivity index (χ1n) is 21.0. The zero-order valence-electron chi connectivity index (χ0n) is 34.6. The average molecular weight is 864 g/mol. The first-order chi connectivity index (χ1) is 30.6. The van der Waals surface area contributed by atoms with E-state index in [4.69, 9.17) is 4.74 Å². The first-order valence-corrected chi connectivity index (χ1v) is 21.8.